The molecule has 0 spiro atoms. The highest BCUT2D eigenvalue weighted by Crippen LogP contribution is 2.61. The van der Waals surface area contributed by atoms with E-state index in [4.69, 9.17) is 10.2 Å². The van der Waals surface area contributed by atoms with Crippen LogP contribution in [-0.2, 0) is 4.79 Å². The summed E-state index contributed by atoms with van der Waals surface area (Å²) in [5.41, 5.74) is -12.0. The number of halogens is 11. The summed E-state index contributed by atoms with van der Waals surface area (Å²) in [4.78, 5) is 10.7. The number of alkyl halides is 11. The molecule has 0 saturated carbocycles. The van der Waals surface area contributed by atoms with E-state index in [-0.39, 0.29) is 6.92 Å². The molecule has 0 rings (SSSR count). The van der Waals surface area contributed by atoms with Gasteiger partial charge in [-0.3, -0.25) is 0 Å². The quantitative estimate of drug-likeness (QED) is 0.507. The maximum Gasteiger partial charge on any atom is 0.438 e. The third-order valence-electron chi connectivity index (χ3n) is 3.26. The van der Waals surface area contributed by atoms with Gasteiger partial charge in [-0.1, -0.05) is 0 Å². The molecule has 0 aromatic rings. The fourth-order valence-electron chi connectivity index (χ4n) is 1.86. The van der Waals surface area contributed by atoms with Crippen molar-refractivity contribution in [3.8, 4) is 0 Å². The van der Waals surface area contributed by atoms with Gasteiger partial charge in [0.25, 0.3) is 0 Å². The zero-order valence-corrected chi connectivity index (χ0v) is 12.7. The molecule has 0 radical (unpaired) electrons. The Morgan fingerprint density at radius 3 is 1.46 bits per heavy atom. The number of aliphatic carboxylic acids is 1. The Bertz CT molecular complexity index is 558. The minimum atomic E-state index is -7.70. The summed E-state index contributed by atoms with van der Waals surface area (Å²) in [6.45, 7) is 0.782. The van der Waals surface area contributed by atoms with Gasteiger partial charge in [0.2, 0.25) is 0 Å². The molecule has 0 heterocycles. The maximum atomic E-state index is 14.0. The Hall–Kier alpha value is -1.60. The van der Waals surface area contributed by atoms with Crippen molar-refractivity contribution in [2.45, 2.75) is 56.2 Å². The molecule has 0 aliphatic rings. The molecule has 0 aromatic heterocycles. The summed E-state index contributed by atoms with van der Waals surface area (Å²) in [6, 6.07) is 0. The lowest BCUT2D eigenvalue weighted by molar-refractivity contribution is -0.422. The molecule has 0 aliphatic heterocycles. The molecule has 0 fully saturated rings. The van der Waals surface area contributed by atoms with E-state index >= 15 is 0 Å². The van der Waals surface area contributed by atoms with Crippen LogP contribution in [0.2, 0.25) is 0 Å². The zero-order chi connectivity index (χ0) is 21.5. The van der Waals surface area contributed by atoms with Crippen LogP contribution < -0.4 is 0 Å². The second-order valence-corrected chi connectivity index (χ2v) is 5.26. The fourth-order valence-corrected chi connectivity index (χ4v) is 1.86. The van der Waals surface area contributed by atoms with Crippen LogP contribution in [0.3, 0.4) is 0 Å². The largest absolute Gasteiger partial charge is 0.478 e. The zero-order valence-electron chi connectivity index (χ0n) is 12.7. The number of rotatable bonds is 6. The summed E-state index contributed by atoms with van der Waals surface area (Å²) < 4.78 is 143. The Morgan fingerprint density at radius 1 is 0.885 bits per heavy atom. The van der Waals surface area contributed by atoms with E-state index in [9.17, 15) is 53.1 Å². The Balaban J connectivity index is 6.88. The summed E-state index contributed by atoms with van der Waals surface area (Å²) in [6.07, 6.45) is -18.9. The van der Waals surface area contributed by atoms with Crippen LogP contribution in [0.15, 0.2) is 11.1 Å². The molecule has 0 aliphatic carbocycles. The van der Waals surface area contributed by atoms with Crippen molar-refractivity contribution in [1.82, 2.24) is 0 Å². The van der Waals surface area contributed by atoms with Crippen molar-refractivity contribution in [1.29, 1.82) is 0 Å². The summed E-state index contributed by atoms with van der Waals surface area (Å²) in [5, 5.41) is 17.5. The van der Waals surface area contributed by atoms with E-state index in [0.717, 1.165) is 0 Å². The van der Waals surface area contributed by atoms with Gasteiger partial charge in [0.05, 0.1) is 6.10 Å². The van der Waals surface area contributed by atoms with Crippen LogP contribution in [0, 0.1) is 0 Å². The second-order valence-electron chi connectivity index (χ2n) is 5.26. The lowest BCUT2D eigenvalue weighted by atomic mass is 9.84. The van der Waals surface area contributed by atoms with E-state index in [1.165, 1.54) is 0 Å². The Labute approximate surface area is 138 Å². The summed E-state index contributed by atoms with van der Waals surface area (Å²) in [5.74, 6) is -16.5. The normalized spacial score (nSPS) is 17.0. The molecule has 14 heteroatoms. The average molecular weight is 412 g/mol. The molecular formula is C12H11F11O3. The first kappa shape index (κ1) is 24.4. The maximum absolute atomic E-state index is 14.0. The minimum absolute atomic E-state index is 0.172. The highest BCUT2D eigenvalue weighted by molar-refractivity contribution is 5.87. The molecule has 1 unspecified atom stereocenters. The number of hydrogen-bond donors (Lipinski definition) is 2. The number of carboxylic acids is 1. The molecule has 1 atom stereocenters. The first-order chi connectivity index (χ1) is 11.2. The molecule has 2 N–H and O–H groups in total. The summed E-state index contributed by atoms with van der Waals surface area (Å²) in [7, 11) is 0. The summed E-state index contributed by atoms with van der Waals surface area (Å²) >= 11 is 0. The minimum Gasteiger partial charge on any atom is -0.478 e. The van der Waals surface area contributed by atoms with Crippen molar-refractivity contribution in [3.05, 3.63) is 11.1 Å². The highest BCUT2D eigenvalue weighted by atomic mass is 19.4. The van der Waals surface area contributed by atoms with Crippen LogP contribution in [0.4, 0.5) is 48.3 Å². The Morgan fingerprint density at radius 2 is 1.23 bits per heavy atom. The third-order valence-corrected chi connectivity index (χ3v) is 3.26. The number of carboxylic acid groups (broad SMARTS) is 1. The van der Waals surface area contributed by atoms with Crippen LogP contribution in [-0.4, -0.2) is 52.2 Å². The lowest BCUT2D eigenvalue weighted by Crippen LogP contribution is -2.70. The molecule has 3 nitrogen and oxygen atoms in total. The van der Waals surface area contributed by atoms with Crippen LogP contribution >= 0.6 is 0 Å². The van der Waals surface area contributed by atoms with E-state index < -0.39 is 59.5 Å². The predicted octanol–water partition coefficient (Wildman–Crippen LogP) is 4.26. The topological polar surface area (TPSA) is 57.5 Å². The van der Waals surface area contributed by atoms with Gasteiger partial charge in [-0.05, 0) is 13.8 Å². The van der Waals surface area contributed by atoms with Gasteiger partial charge in [-0.25, -0.2) is 9.18 Å². The molecule has 0 bridgehead atoms. The molecular weight excluding hydrogens is 401 g/mol. The van der Waals surface area contributed by atoms with Crippen molar-refractivity contribution in [2.24, 2.45) is 0 Å². The van der Waals surface area contributed by atoms with Crippen LogP contribution in [0.5, 0.6) is 0 Å². The lowest BCUT2D eigenvalue weighted by Gasteiger charge is -2.40. The fraction of sp³-hybridized carbons (Fsp3) is 0.750. The molecule has 0 amide bonds. The smallest absolute Gasteiger partial charge is 0.438 e. The number of aliphatic hydroxyl groups is 1. The van der Waals surface area contributed by atoms with E-state index in [1.54, 1.807) is 0 Å². The molecule has 26 heavy (non-hydrogen) atoms. The van der Waals surface area contributed by atoms with Crippen molar-refractivity contribution < 1.29 is 63.3 Å². The van der Waals surface area contributed by atoms with E-state index in [0.29, 0.717) is 6.92 Å². The van der Waals surface area contributed by atoms with Gasteiger partial charge < -0.3 is 10.2 Å². The van der Waals surface area contributed by atoms with Gasteiger partial charge in [0.1, 0.15) is 0 Å². The third kappa shape index (κ3) is 3.74. The van der Waals surface area contributed by atoms with Gasteiger partial charge in [0, 0.05) is 17.6 Å². The highest BCUT2D eigenvalue weighted by Gasteiger charge is 2.90. The van der Waals surface area contributed by atoms with Crippen LogP contribution in [0.1, 0.15) is 20.3 Å². The van der Waals surface area contributed by atoms with Crippen molar-refractivity contribution in [2.75, 3.05) is 0 Å². The van der Waals surface area contributed by atoms with Gasteiger partial charge in [-0.15, -0.1) is 0 Å². The number of hydrogen-bond acceptors (Lipinski definition) is 2. The van der Waals surface area contributed by atoms with Gasteiger partial charge in [0.15, 0.2) is 0 Å². The first-order valence-corrected chi connectivity index (χ1v) is 6.35. The van der Waals surface area contributed by atoms with Crippen molar-refractivity contribution >= 4 is 5.97 Å². The second kappa shape index (κ2) is 6.85. The van der Waals surface area contributed by atoms with Crippen LogP contribution in [0.25, 0.3) is 0 Å². The first-order valence-electron chi connectivity index (χ1n) is 6.35. The molecule has 154 valence electrons. The Kier molecular flexibility index (Phi) is 6.43. The standard InChI is InChI=1S/C12H11F11O3/c1-4(24)3-6(5(2)7(25)26)8(13,14)10(16,17)9(15,11(18,19)20)12(21,22)23/h4,24H,3H2,1-2H3,(H,25,26). The SMILES string of the molecule is CC(C(=O)O)=C(CC(C)O)C(F)(F)C(F)(F)C(F)(C(F)(F)F)C(F)(F)F. The van der Waals surface area contributed by atoms with E-state index in [2.05, 4.69) is 0 Å². The number of aliphatic hydroxyl groups excluding tert-OH is 1. The number of carbonyl (C=O) groups is 1. The van der Waals surface area contributed by atoms with Crippen molar-refractivity contribution in [3.63, 3.8) is 0 Å². The predicted molar refractivity (Wildman–Crippen MR) is 62.5 cm³/mol. The van der Waals surface area contributed by atoms with Gasteiger partial charge >= 0.3 is 35.8 Å². The van der Waals surface area contributed by atoms with E-state index in [1.807, 2.05) is 0 Å². The molecule has 0 saturated heterocycles. The van der Waals surface area contributed by atoms with Gasteiger partial charge in [-0.2, -0.15) is 43.9 Å². The average Bonchev–Trinajstić information content (AvgIpc) is 2.39. The monoisotopic (exact) mass is 412 g/mol. The molecule has 0 aromatic carbocycles.